The minimum absolute atomic E-state index is 0.0739. The summed E-state index contributed by atoms with van der Waals surface area (Å²) in [6.07, 6.45) is 1.18. The summed E-state index contributed by atoms with van der Waals surface area (Å²) in [6.45, 7) is 7.21. The molecule has 0 aliphatic carbocycles. The molecule has 0 spiro atoms. The molecule has 2 aromatic carbocycles. The lowest BCUT2D eigenvalue weighted by atomic mass is 10.1. The molecule has 0 heterocycles. The summed E-state index contributed by atoms with van der Waals surface area (Å²) in [5, 5.41) is 5.19. The van der Waals surface area contributed by atoms with Crippen LogP contribution < -0.4 is 10.1 Å². The molecule has 1 atom stereocenters. The van der Waals surface area contributed by atoms with Gasteiger partial charge in [-0.3, -0.25) is 4.79 Å². The van der Waals surface area contributed by atoms with Gasteiger partial charge in [0.2, 0.25) is 0 Å². The van der Waals surface area contributed by atoms with Crippen molar-refractivity contribution in [2.24, 2.45) is 0 Å². The Morgan fingerprint density at radius 3 is 2.58 bits per heavy atom. The highest BCUT2D eigenvalue weighted by atomic mass is 16.5. The summed E-state index contributed by atoms with van der Waals surface area (Å²) in [5.41, 5.74) is 0. The van der Waals surface area contributed by atoms with E-state index in [2.05, 4.69) is 11.4 Å². The monoisotopic (exact) mass is 329 g/mol. The molecule has 0 aliphatic rings. The molecule has 2 rings (SSSR count). The number of fused-ring (bicyclic) bond motifs is 1. The number of nitrogens with one attached hydrogen (secondary N) is 1. The number of hydrogen-bond acceptors (Lipinski definition) is 3. The molecule has 1 amide bonds. The minimum Gasteiger partial charge on any atom is -0.481 e. The van der Waals surface area contributed by atoms with Gasteiger partial charge in [-0.1, -0.05) is 37.3 Å². The average molecular weight is 329 g/mol. The molecular formula is C20H27NO3. The molecule has 0 saturated heterocycles. The first-order chi connectivity index (χ1) is 11.6. The summed E-state index contributed by atoms with van der Waals surface area (Å²) in [4.78, 5) is 12.3. The zero-order valence-corrected chi connectivity index (χ0v) is 14.7. The first kappa shape index (κ1) is 18.3. The van der Waals surface area contributed by atoms with Crippen LogP contribution in [0.1, 0.15) is 33.6 Å². The van der Waals surface area contributed by atoms with Crippen LogP contribution in [0.2, 0.25) is 0 Å². The molecule has 0 fully saturated rings. The second kappa shape index (κ2) is 9.28. The first-order valence-electron chi connectivity index (χ1n) is 8.65. The third kappa shape index (κ3) is 5.53. The maximum absolute atomic E-state index is 12.3. The molecule has 1 N–H and O–H groups in total. The average Bonchev–Trinajstić information content (AvgIpc) is 2.58. The van der Waals surface area contributed by atoms with Gasteiger partial charge in [0.05, 0.1) is 6.10 Å². The second-order valence-electron chi connectivity index (χ2n) is 6.09. The predicted molar refractivity (Wildman–Crippen MR) is 97.4 cm³/mol. The molecule has 0 aromatic heterocycles. The number of hydrogen-bond donors (Lipinski definition) is 1. The van der Waals surface area contributed by atoms with E-state index in [1.165, 1.54) is 0 Å². The largest absolute Gasteiger partial charge is 0.481 e. The Kier molecular flexibility index (Phi) is 7.07. The van der Waals surface area contributed by atoms with E-state index in [0.717, 1.165) is 22.9 Å². The van der Waals surface area contributed by atoms with Crippen LogP contribution >= 0.6 is 0 Å². The summed E-state index contributed by atoms with van der Waals surface area (Å²) in [5.74, 6) is 0.647. The highest BCUT2D eigenvalue weighted by molar-refractivity contribution is 5.84. The van der Waals surface area contributed by atoms with Gasteiger partial charge >= 0.3 is 0 Å². The number of carbonyl (C=O) groups excluding carboxylic acids is 1. The SMILES string of the molecule is CCC(Oc1ccc2ccccc2c1)C(=O)NCCCOC(C)C. The van der Waals surface area contributed by atoms with E-state index in [0.29, 0.717) is 19.6 Å². The normalized spacial score (nSPS) is 12.3. The van der Waals surface area contributed by atoms with Crippen LogP contribution in [0.3, 0.4) is 0 Å². The molecule has 24 heavy (non-hydrogen) atoms. The van der Waals surface area contributed by atoms with E-state index in [4.69, 9.17) is 9.47 Å². The Morgan fingerprint density at radius 1 is 1.12 bits per heavy atom. The van der Waals surface area contributed by atoms with Crippen LogP contribution in [-0.2, 0) is 9.53 Å². The second-order valence-corrected chi connectivity index (χ2v) is 6.09. The van der Waals surface area contributed by atoms with E-state index in [1.807, 2.05) is 57.2 Å². The molecule has 4 nitrogen and oxygen atoms in total. The predicted octanol–water partition coefficient (Wildman–Crippen LogP) is 3.93. The van der Waals surface area contributed by atoms with Crippen LogP contribution in [0, 0.1) is 0 Å². The van der Waals surface area contributed by atoms with Crippen molar-refractivity contribution in [1.82, 2.24) is 5.32 Å². The number of carbonyl (C=O) groups is 1. The molecule has 4 heteroatoms. The smallest absolute Gasteiger partial charge is 0.261 e. The van der Waals surface area contributed by atoms with Crippen molar-refractivity contribution < 1.29 is 14.3 Å². The molecule has 0 aliphatic heterocycles. The molecule has 1 unspecified atom stereocenters. The van der Waals surface area contributed by atoms with Gasteiger partial charge in [-0.25, -0.2) is 0 Å². The van der Waals surface area contributed by atoms with Gasteiger partial charge in [0.25, 0.3) is 5.91 Å². The lowest BCUT2D eigenvalue weighted by Crippen LogP contribution is -2.38. The van der Waals surface area contributed by atoms with Crippen LogP contribution in [0.25, 0.3) is 10.8 Å². The van der Waals surface area contributed by atoms with Crippen LogP contribution in [0.15, 0.2) is 42.5 Å². The standard InChI is InChI=1S/C20H27NO3/c1-4-19(20(22)21-12-7-13-23-15(2)3)24-18-11-10-16-8-5-6-9-17(16)14-18/h5-6,8-11,14-15,19H,4,7,12-13H2,1-3H3,(H,21,22). The van der Waals surface area contributed by atoms with Crippen molar-refractivity contribution in [3.63, 3.8) is 0 Å². The molecular weight excluding hydrogens is 302 g/mol. The fraction of sp³-hybridized carbons (Fsp3) is 0.450. The van der Waals surface area contributed by atoms with Crippen molar-refractivity contribution in [3.8, 4) is 5.75 Å². The molecule has 2 aromatic rings. The zero-order valence-electron chi connectivity index (χ0n) is 14.7. The maximum Gasteiger partial charge on any atom is 0.261 e. The first-order valence-corrected chi connectivity index (χ1v) is 8.65. The highest BCUT2D eigenvalue weighted by Crippen LogP contribution is 2.22. The fourth-order valence-corrected chi connectivity index (χ4v) is 2.44. The molecule has 0 radical (unpaired) electrons. The van der Waals surface area contributed by atoms with E-state index < -0.39 is 6.10 Å². The van der Waals surface area contributed by atoms with Gasteiger partial charge in [0.15, 0.2) is 6.10 Å². The molecule has 0 bridgehead atoms. The third-order valence-corrected chi connectivity index (χ3v) is 3.73. The lowest BCUT2D eigenvalue weighted by molar-refractivity contribution is -0.128. The Hall–Kier alpha value is -2.07. The van der Waals surface area contributed by atoms with Gasteiger partial charge in [0.1, 0.15) is 5.75 Å². The van der Waals surface area contributed by atoms with E-state index >= 15 is 0 Å². The van der Waals surface area contributed by atoms with E-state index in [-0.39, 0.29) is 12.0 Å². The Labute approximate surface area is 144 Å². The molecule has 130 valence electrons. The molecule has 0 saturated carbocycles. The van der Waals surface area contributed by atoms with E-state index in [1.54, 1.807) is 0 Å². The summed E-state index contributed by atoms with van der Waals surface area (Å²) >= 11 is 0. The van der Waals surface area contributed by atoms with Gasteiger partial charge in [-0.2, -0.15) is 0 Å². The summed E-state index contributed by atoms with van der Waals surface area (Å²) in [7, 11) is 0. The maximum atomic E-state index is 12.3. The zero-order chi connectivity index (χ0) is 17.4. The fourth-order valence-electron chi connectivity index (χ4n) is 2.44. The van der Waals surface area contributed by atoms with Crippen molar-refractivity contribution in [2.45, 2.75) is 45.8 Å². The highest BCUT2D eigenvalue weighted by Gasteiger charge is 2.17. The number of rotatable bonds is 9. The summed E-state index contributed by atoms with van der Waals surface area (Å²) in [6, 6.07) is 14.0. The minimum atomic E-state index is -0.475. The third-order valence-electron chi connectivity index (χ3n) is 3.73. The van der Waals surface area contributed by atoms with Crippen molar-refractivity contribution in [3.05, 3.63) is 42.5 Å². The quantitative estimate of drug-likeness (QED) is 0.709. The van der Waals surface area contributed by atoms with Crippen LogP contribution in [0.5, 0.6) is 5.75 Å². The topological polar surface area (TPSA) is 47.6 Å². The number of amides is 1. The Balaban J connectivity index is 1.86. The van der Waals surface area contributed by atoms with Gasteiger partial charge in [0, 0.05) is 13.2 Å². The van der Waals surface area contributed by atoms with Gasteiger partial charge in [-0.05, 0) is 49.6 Å². The number of ether oxygens (including phenoxy) is 2. The number of benzene rings is 2. The van der Waals surface area contributed by atoms with Crippen molar-refractivity contribution in [1.29, 1.82) is 0 Å². The Bertz CT molecular complexity index is 654. The van der Waals surface area contributed by atoms with Crippen molar-refractivity contribution in [2.75, 3.05) is 13.2 Å². The van der Waals surface area contributed by atoms with Crippen molar-refractivity contribution >= 4 is 16.7 Å². The van der Waals surface area contributed by atoms with Gasteiger partial charge in [-0.15, -0.1) is 0 Å². The van der Waals surface area contributed by atoms with Crippen LogP contribution in [-0.4, -0.2) is 31.3 Å². The van der Waals surface area contributed by atoms with Gasteiger partial charge < -0.3 is 14.8 Å². The lowest BCUT2D eigenvalue weighted by Gasteiger charge is -2.18. The van der Waals surface area contributed by atoms with E-state index in [9.17, 15) is 4.79 Å². The van der Waals surface area contributed by atoms with Crippen LogP contribution in [0.4, 0.5) is 0 Å². The Morgan fingerprint density at radius 2 is 1.88 bits per heavy atom. The summed E-state index contributed by atoms with van der Waals surface area (Å²) < 4.78 is 11.3.